The number of rotatable bonds is 9. The SMILES string of the molecule is CCCC(C)NC(=O)C(C)Sc1nnc(CC(C)c2ccccc2)o1. The van der Waals surface area contributed by atoms with Crippen molar-refractivity contribution < 1.29 is 9.21 Å². The van der Waals surface area contributed by atoms with Gasteiger partial charge in [-0.1, -0.05) is 62.4 Å². The molecule has 25 heavy (non-hydrogen) atoms. The van der Waals surface area contributed by atoms with E-state index >= 15 is 0 Å². The lowest BCUT2D eigenvalue weighted by Crippen LogP contribution is -2.37. The average Bonchev–Trinajstić information content (AvgIpc) is 3.02. The largest absolute Gasteiger partial charge is 0.416 e. The number of benzene rings is 1. The van der Waals surface area contributed by atoms with E-state index in [2.05, 4.69) is 41.5 Å². The van der Waals surface area contributed by atoms with Gasteiger partial charge in [-0.15, -0.1) is 10.2 Å². The summed E-state index contributed by atoms with van der Waals surface area (Å²) in [6.45, 7) is 8.12. The molecule has 0 bridgehead atoms. The quantitative estimate of drug-likeness (QED) is 0.678. The molecule has 1 aromatic carbocycles. The van der Waals surface area contributed by atoms with Gasteiger partial charge in [-0.2, -0.15) is 0 Å². The highest BCUT2D eigenvalue weighted by Gasteiger charge is 2.20. The molecule has 6 heteroatoms. The maximum atomic E-state index is 12.2. The van der Waals surface area contributed by atoms with E-state index in [0.29, 0.717) is 23.5 Å². The predicted molar refractivity (Wildman–Crippen MR) is 101 cm³/mol. The van der Waals surface area contributed by atoms with Gasteiger partial charge in [0.1, 0.15) is 0 Å². The number of hydrogen-bond acceptors (Lipinski definition) is 5. The Kier molecular flexibility index (Phi) is 7.50. The Labute approximate surface area is 154 Å². The Morgan fingerprint density at radius 2 is 1.92 bits per heavy atom. The molecule has 0 spiro atoms. The fourth-order valence-electron chi connectivity index (χ4n) is 2.60. The Balaban J connectivity index is 1.87. The van der Waals surface area contributed by atoms with Crippen LogP contribution in [0.2, 0.25) is 0 Å². The highest BCUT2D eigenvalue weighted by molar-refractivity contribution is 8.00. The van der Waals surface area contributed by atoms with E-state index in [1.54, 1.807) is 0 Å². The first-order chi connectivity index (χ1) is 12.0. The summed E-state index contributed by atoms with van der Waals surface area (Å²) in [5.74, 6) is 0.907. The Morgan fingerprint density at radius 1 is 1.20 bits per heavy atom. The summed E-state index contributed by atoms with van der Waals surface area (Å²) < 4.78 is 5.71. The zero-order valence-corrected chi connectivity index (χ0v) is 16.2. The molecule has 136 valence electrons. The van der Waals surface area contributed by atoms with Gasteiger partial charge in [0.15, 0.2) is 0 Å². The molecule has 1 heterocycles. The lowest BCUT2D eigenvalue weighted by Gasteiger charge is -2.15. The number of hydrogen-bond donors (Lipinski definition) is 1. The fraction of sp³-hybridized carbons (Fsp3) is 0.526. The molecule has 0 saturated heterocycles. The molecule has 0 radical (unpaired) electrons. The summed E-state index contributed by atoms with van der Waals surface area (Å²) in [6.07, 6.45) is 2.71. The van der Waals surface area contributed by atoms with Crippen molar-refractivity contribution in [2.24, 2.45) is 0 Å². The average molecular weight is 362 g/mol. The van der Waals surface area contributed by atoms with Crippen LogP contribution >= 0.6 is 11.8 Å². The van der Waals surface area contributed by atoms with E-state index < -0.39 is 0 Å². The molecule has 2 aromatic rings. The van der Waals surface area contributed by atoms with E-state index in [1.807, 2.05) is 32.0 Å². The first kappa shape index (κ1) is 19.5. The molecule has 0 aliphatic rings. The summed E-state index contributed by atoms with van der Waals surface area (Å²) in [5, 5.41) is 11.4. The molecule has 3 unspecified atom stereocenters. The third-order valence-electron chi connectivity index (χ3n) is 4.05. The number of aromatic nitrogens is 2. The molecule has 3 atom stereocenters. The van der Waals surface area contributed by atoms with Gasteiger partial charge >= 0.3 is 0 Å². The molecule has 1 N–H and O–H groups in total. The summed E-state index contributed by atoms with van der Waals surface area (Å²) >= 11 is 1.30. The normalized spacial score (nSPS) is 14.7. The highest BCUT2D eigenvalue weighted by Crippen LogP contribution is 2.25. The van der Waals surface area contributed by atoms with Crippen LogP contribution in [0.3, 0.4) is 0 Å². The zero-order chi connectivity index (χ0) is 18.2. The second kappa shape index (κ2) is 9.61. The summed E-state index contributed by atoms with van der Waals surface area (Å²) in [4.78, 5) is 12.2. The fourth-order valence-corrected chi connectivity index (χ4v) is 3.31. The zero-order valence-electron chi connectivity index (χ0n) is 15.4. The summed E-state index contributed by atoms with van der Waals surface area (Å²) in [6, 6.07) is 10.4. The van der Waals surface area contributed by atoms with Gasteiger partial charge in [-0.3, -0.25) is 4.79 Å². The van der Waals surface area contributed by atoms with Gasteiger partial charge < -0.3 is 9.73 Å². The van der Waals surface area contributed by atoms with Gasteiger partial charge in [0, 0.05) is 12.5 Å². The van der Waals surface area contributed by atoms with Crippen molar-refractivity contribution in [1.82, 2.24) is 15.5 Å². The minimum Gasteiger partial charge on any atom is -0.416 e. The van der Waals surface area contributed by atoms with Crippen molar-refractivity contribution in [1.29, 1.82) is 0 Å². The van der Waals surface area contributed by atoms with Crippen LogP contribution in [-0.4, -0.2) is 27.4 Å². The van der Waals surface area contributed by atoms with Crippen molar-refractivity contribution >= 4 is 17.7 Å². The second-order valence-corrected chi connectivity index (χ2v) is 7.73. The van der Waals surface area contributed by atoms with Crippen LogP contribution in [0.15, 0.2) is 40.0 Å². The second-order valence-electron chi connectivity index (χ2n) is 6.44. The lowest BCUT2D eigenvalue weighted by molar-refractivity contribution is -0.120. The molecule has 0 fully saturated rings. The van der Waals surface area contributed by atoms with Crippen LogP contribution in [0.5, 0.6) is 0 Å². The first-order valence-electron chi connectivity index (χ1n) is 8.84. The van der Waals surface area contributed by atoms with Crippen molar-refractivity contribution in [2.75, 3.05) is 0 Å². The van der Waals surface area contributed by atoms with Gasteiger partial charge in [0.05, 0.1) is 5.25 Å². The van der Waals surface area contributed by atoms with Gasteiger partial charge in [0.25, 0.3) is 5.22 Å². The smallest absolute Gasteiger partial charge is 0.277 e. The number of nitrogens with zero attached hydrogens (tertiary/aromatic N) is 2. The summed E-state index contributed by atoms with van der Waals surface area (Å²) in [5.41, 5.74) is 1.24. The molecular formula is C19H27N3O2S. The minimum atomic E-state index is -0.265. The highest BCUT2D eigenvalue weighted by atomic mass is 32.2. The number of amides is 1. The van der Waals surface area contributed by atoms with Crippen molar-refractivity contribution in [2.45, 2.75) is 69.4 Å². The molecule has 1 aromatic heterocycles. The number of carbonyl (C=O) groups excluding carboxylic acids is 1. The van der Waals surface area contributed by atoms with Crippen LogP contribution < -0.4 is 5.32 Å². The van der Waals surface area contributed by atoms with Crippen LogP contribution in [0.4, 0.5) is 0 Å². The first-order valence-corrected chi connectivity index (χ1v) is 9.71. The summed E-state index contributed by atoms with van der Waals surface area (Å²) in [7, 11) is 0. The van der Waals surface area contributed by atoms with Gasteiger partial charge in [0.2, 0.25) is 11.8 Å². The van der Waals surface area contributed by atoms with Crippen LogP contribution in [0.25, 0.3) is 0 Å². The number of thioether (sulfide) groups is 1. The molecule has 1 amide bonds. The van der Waals surface area contributed by atoms with Crippen molar-refractivity contribution in [3.63, 3.8) is 0 Å². The van der Waals surface area contributed by atoms with Gasteiger partial charge in [-0.25, -0.2) is 0 Å². The molecule has 5 nitrogen and oxygen atoms in total. The monoisotopic (exact) mass is 361 g/mol. The van der Waals surface area contributed by atoms with Gasteiger partial charge in [-0.05, 0) is 31.7 Å². The van der Waals surface area contributed by atoms with Crippen LogP contribution in [0, 0.1) is 0 Å². The van der Waals surface area contributed by atoms with E-state index in [1.165, 1.54) is 17.3 Å². The molecule has 0 saturated carbocycles. The molecule has 0 aliphatic heterocycles. The van der Waals surface area contributed by atoms with Crippen LogP contribution in [-0.2, 0) is 11.2 Å². The molecular weight excluding hydrogens is 334 g/mol. The topological polar surface area (TPSA) is 68.0 Å². The molecule has 0 aliphatic carbocycles. The van der Waals surface area contributed by atoms with E-state index in [9.17, 15) is 4.79 Å². The van der Waals surface area contributed by atoms with E-state index in [0.717, 1.165) is 12.8 Å². The van der Waals surface area contributed by atoms with E-state index in [4.69, 9.17) is 4.42 Å². The van der Waals surface area contributed by atoms with Crippen LogP contribution in [0.1, 0.15) is 57.9 Å². The number of carbonyl (C=O) groups is 1. The maximum absolute atomic E-state index is 12.2. The number of nitrogens with one attached hydrogen (secondary N) is 1. The Morgan fingerprint density at radius 3 is 2.60 bits per heavy atom. The third kappa shape index (κ3) is 6.20. The van der Waals surface area contributed by atoms with Crippen molar-refractivity contribution in [3.05, 3.63) is 41.8 Å². The van der Waals surface area contributed by atoms with E-state index in [-0.39, 0.29) is 17.2 Å². The third-order valence-corrected chi connectivity index (χ3v) is 4.99. The maximum Gasteiger partial charge on any atom is 0.277 e. The Bertz CT molecular complexity index is 660. The predicted octanol–water partition coefficient (Wildman–Crippen LogP) is 4.20. The standard InChI is InChI=1S/C19H27N3O2S/c1-5-9-14(3)20-18(23)15(4)25-19-22-21-17(24-19)12-13(2)16-10-7-6-8-11-16/h6-8,10-11,13-15H,5,9,12H2,1-4H3,(H,20,23). The Hall–Kier alpha value is -1.82. The van der Waals surface area contributed by atoms with Crippen molar-refractivity contribution in [3.8, 4) is 0 Å². The molecule has 2 rings (SSSR count). The minimum absolute atomic E-state index is 0.00311. The lowest BCUT2D eigenvalue weighted by atomic mass is 9.98.